The van der Waals surface area contributed by atoms with Crippen LogP contribution in [0.1, 0.15) is 46.5 Å². The van der Waals surface area contributed by atoms with E-state index in [1.807, 2.05) is 37.8 Å². The predicted octanol–water partition coefficient (Wildman–Crippen LogP) is 4.33. The maximum atomic E-state index is 12.6. The molecule has 1 aliphatic heterocycles. The van der Waals surface area contributed by atoms with E-state index in [1.165, 1.54) is 12.8 Å². The summed E-state index contributed by atoms with van der Waals surface area (Å²) in [6.45, 7) is 7.16. The highest BCUT2D eigenvalue weighted by atomic mass is 35.5. The van der Waals surface area contributed by atoms with Gasteiger partial charge in [0.2, 0.25) is 0 Å². The van der Waals surface area contributed by atoms with Crippen LogP contribution in [0.4, 0.5) is 10.6 Å². The Hall–Kier alpha value is -1.49. The predicted molar refractivity (Wildman–Crippen MR) is 95.4 cm³/mol. The van der Waals surface area contributed by atoms with E-state index in [1.54, 1.807) is 6.20 Å². The minimum absolute atomic E-state index is 0.133. The van der Waals surface area contributed by atoms with Crippen molar-refractivity contribution >= 4 is 23.5 Å². The molecule has 0 unspecified atom stereocenters. The molecule has 5 nitrogen and oxygen atoms in total. The fraction of sp³-hybridized carbons (Fsp3) is 0.667. The van der Waals surface area contributed by atoms with Gasteiger partial charge < -0.3 is 15.0 Å². The van der Waals surface area contributed by atoms with Crippen molar-refractivity contribution in [2.75, 3.05) is 18.4 Å². The number of nitrogens with zero attached hydrogens (tertiary/aromatic N) is 2. The number of pyridine rings is 1. The molecule has 0 radical (unpaired) electrons. The molecule has 2 fully saturated rings. The summed E-state index contributed by atoms with van der Waals surface area (Å²) in [5.41, 5.74) is -0.0141. The number of anilines is 1. The van der Waals surface area contributed by atoms with Crippen molar-refractivity contribution in [1.82, 2.24) is 9.88 Å². The van der Waals surface area contributed by atoms with E-state index in [0.717, 1.165) is 25.2 Å². The van der Waals surface area contributed by atoms with Crippen LogP contribution in [0.3, 0.4) is 0 Å². The summed E-state index contributed by atoms with van der Waals surface area (Å²) in [6.07, 6.45) is 6.09. The van der Waals surface area contributed by atoms with E-state index >= 15 is 0 Å². The van der Waals surface area contributed by atoms with Crippen LogP contribution >= 0.6 is 11.6 Å². The second kappa shape index (κ2) is 6.43. The van der Waals surface area contributed by atoms with Gasteiger partial charge >= 0.3 is 6.09 Å². The summed E-state index contributed by atoms with van der Waals surface area (Å²) >= 11 is 5.87. The highest BCUT2D eigenvalue weighted by Crippen LogP contribution is 2.55. The standard InChI is InChI=1S/C18H26ClN3O2/c1-17(2,3)24-16(23)22-9-8-18(6-7-18)10-14(22)12-21-15-5-4-13(19)11-20-15/h4-5,11,14H,6-10,12H2,1-3H3,(H,20,21)/t14-/m0/s1. The van der Waals surface area contributed by atoms with Gasteiger partial charge in [0, 0.05) is 19.3 Å². The first kappa shape index (κ1) is 17.3. The average Bonchev–Trinajstić information content (AvgIpc) is 3.24. The van der Waals surface area contributed by atoms with Gasteiger partial charge in [-0.15, -0.1) is 0 Å². The summed E-state index contributed by atoms with van der Waals surface area (Å²) in [4.78, 5) is 18.7. The molecule has 1 aromatic rings. The Morgan fingerprint density at radius 3 is 2.75 bits per heavy atom. The first-order valence-electron chi connectivity index (χ1n) is 8.61. The molecule has 1 saturated heterocycles. The van der Waals surface area contributed by atoms with Gasteiger partial charge in [-0.25, -0.2) is 9.78 Å². The first-order chi connectivity index (χ1) is 11.3. The van der Waals surface area contributed by atoms with E-state index in [2.05, 4.69) is 10.3 Å². The van der Waals surface area contributed by atoms with Gasteiger partial charge in [-0.05, 0) is 64.0 Å². The Bertz CT molecular complexity index is 593. The van der Waals surface area contributed by atoms with Gasteiger partial charge in [0.05, 0.1) is 11.1 Å². The molecule has 0 bridgehead atoms. The molecule has 132 valence electrons. The van der Waals surface area contributed by atoms with E-state index < -0.39 is 5.60 Å². The number of halogens is 1. The normalized spacial score (nSPS) is 22.3. The molecule has 1 amide bonds. The van der Waals surface area contributed by atoms with Gasteiger partial charge in [0.1, 0.15) is 11.4 Å². The quantitative estimate of drug-likeness (QED) is 0.880. The van der Waals surface area contributed by atoms with Gasteiger partial charge in [0.25, 0.3) is 0 Å². The zero-order chi connectivity index (χ0) is 17.4. The fourth-order valence-corrected chi connectivity index (χ4v) is 3.44. The number of hydrogen-bond donors (Lipinski definition) is 1. The van der Waals surface area contributed by atoms with Crippen LogP contribution in [-0.4, -0.2) is 40.7 Å². The van der Waals surface area contributed by atoms with Gasteiger partial charge in [-0.3, -0.25) is 0 Å². The van der Waals surface area contributed by atoms with Crippen molar-refractivity contribution in [3.8, 4) is 0 Å². The summed E-state index contributed by atoms with van der Waals surface area (Å²) in [5.74, 6) is 0.777. The van der Waals surface area contributed by atoms with Crippen LogP contribution in [-0.2, 0) is 4.74 Å². The molecule has 1 saturated carbocycles. The zero-order valence-corrected chi connectivity index (χ0v) is 15.4. The smallest absolute Gasteiger partial charge is 0.410 e. The molecule has 2 aliphatic rings. The molecular weight excluding hydrogens is 326 g/mol. The topological polar surface area (TPSA) is 54.5 Å². The summed E-state index contributed by atoms with van der Waals surface area (Å²) in [7, 11) is 0. The number of carbonyl (C=O) groups is 1. The Balaban J connectivity index is 1.65. The number of amides is 1. The molecular formula is C18H26ClN3O2. The average molecular weight is 352 g/mol. The lowest BCUT2D eigenvalue weighted by molar-refractivity contribution is 0.00462. The number of ether oxygens (including phenoxy) is 1. The first-order valence-corrected chi connectivity index (χ1v) is 8.99. The third-order valence-corrected chi connectivity index (χ3v) is 5.05. The minimum Gasteiger partial charge on any atom is -0.444 e. The lowest BCUT2D eigenvalue weighted by Crippen LogP contribution is -2.51. The summed E-state index contributed by atoms with van der Waals surface area (Å²) in [5, 5.41) is 3.95. The SMILES string of the molecule is CC(C)(C)OC(=O)N1CCC2(CC2)C[C@H]1CNc1ccc(Cl)cn1. The third kappa shape index (κ3) is 4.32. The summed E-state index contributed by atoms with van der Waals surface area (Å²) in [6, 6.07) is 3.80. The zero-order valence-electron chi connectivity index (χ0n) is 14.6. The Morgan fingerprint density at radius 2 is 2.17 bits per heavy atom. The number of nitrogens with one attached hydrogen (secondary N) is 1. The molecule has 0 aromatic carbocycles. The molecule has 2 heterocycles. The van der Waals surface area contributed by atoms with Crippen LogP contribution in [0, 0.1) is 5.41 Å². The van der Waals surface area contributed by atoms with Crippen LogP contribution < -0.4 is 5.32 Å². The monoisotopic (exact) mass is 351 g/mol. The van der Waals surface area contributed by atoms with Crippen LogP contribution in [0.15, 0.2) is 18.3 Å². The second-order valence-corrected chi connectivity index (χ2v) is 8.46. The second-order valence-electron chi connectivity index (χ2n) is 8.02. The van der Waals surface area contributed by atoms with Crippen molar-refractivity contribution in [3.05, 3.63) is 23.4 Å². The van der Waals surface area contributed by atoms with Crippen molar-refractivity contribution in [1.29, 1.82) is 0 Å². The van der Waals surface area contributed by atoms with E-state index in [-0.39, 0.29) is 12.1 Å². The van der Waals surface area contributed by atoms with Crippen molar-refractivity contribution in [2.24, 2.45) is 5.41 Å². The Labute approximate surface area is 148 Å². The number of piperidine rings is 1. The number of rotatable bonds is 3. The highest BCUT2D eigenvalue weighted by Gasteiger charge is 2.49. The number of hydrogen-bond acceptors (Lipinski definition) is 4. The minimum atomic E-state index is -0.471. The van der Waals surface area contributed by atoms with Crippen LogP contribution in [0.2, 0.25) is 5.02 Å². The van der Waals surface area contributed by atoms with Gasteiger partial charge in [-0.2, -0.15) is 0 Å². The Morgan fingerprint density at radius 1 is 1.42 bits per heavy atom. The van der Waals surface area contributed by atoms with Crippen LogP contribution in [0.25, 0.3) is 0 Å². The summed E-state index contributed by atoms with van der Waals surface area (Å²) < 4.78 is 5.59. The molecule has 1 aromatic heterocycles. The molecule has 1 aliphatic carbocycles. The maximum absolute atomic E-state index is 12.6. The fourth-order valence-electron chi connectivity index (χ4n) is 3.33. The molecule has 1 atom stereocenters. The van der Waals surface area contributed by atoms with Crippen molar-refractivity contribution in [3.63, 3.8) is 0 Å². The van der Waals surface area contributed by atoms with E-state index in [4.69, 9.17) is 16.3 Å². The number of carbonyl (C=O) groups excluding carboxylic acids is 1. The van der Waals surface area contributed by atoms with Gasteiger partial charge in [-0.1, -0.05) is 11.6 Å². The van der Waals surface area contributed by atoms with Crippen molar-refractivity contribution < 1.29 is 9.53 Å². The van der Waals surface area contributed by atoms with Gasteiger partial charge in [0.15, 0.2) is 0 Å². The highest BCUT2D eigenvalue weighted by molar-refractivity contribution is 6.30. The van der Waals surface area contributed by atoms with E-state index in [0.29, 0.717) is 17.0 Å². The molecule has 24 heavy (non-hydrogen) atoms. The largest absolute Gasteiger partial charge is 0.444 e. The van der Waals surface area contributed by atoms with E-state index in [9.17, 15) is 4.79 Å². The van der Waals surface area contributed by atoms with Crippen LogP contribution in [0.5, 0.6) is 0 Å². The Kier molecular flexibility index (Phi) is 4.65. The molecule has 1 N–H and O–H groups in total. The lowest BCUT2D eigenvalue weighted by atomic mass is 9.88. The molecule has 6 heteroatoms. The number of likely N-dealkylation sites (tertiary alicyclic amines) is 1. The molecule has 1 spiro atoms. The third-order valence-electron chi connectivity index (χ3n) is 4.82. The molecule has 3 rings (SSSR count). The van der Waals surface area contributed by atoms with Crippen molar-refractivity contribution in [2.45, 2.75) is 58.1 Å². The maximum Gasteiger partial charge on any atom is 0.410 e. The lowest BCUT2D eigenvalue weighted by Gasteiger charge is -2.40. The number of aromatic nitrogens is 1.